The van der Waals surface area contributed by atoms with Crippen LogP contribution >= 0.6 is 15.9 Å². The van der Waals surface area contributed by atoms with Gasteiger partial charge in [-0.15, -0.1) is 0 Å². The monoisotopic (exact) mass is 367 g/mol. The van der Waals surface area contributed by atoms with E-state index in [1.54, 1.807) is 0 Å². The predicted octanol–water partition coefficient (Wildman–Crippen LogP) is 4.31. The van der Waals surface area contributed by atoms with Crippen LogP contribution in [-0.4, -0.2) is 16.1 Å². The third-order valence-corrected chi connectivity index (χ3v) is 4.61. The summed E-state index contributed by atoms with van der Waals surface area (Å²) in [6.07, 6.45) is 0.419. The lowest BCUT2D eigenvalue weighted by Crippen LogP contribution is -2.23. The van der Waals surface area contributed by atoms with E-state index in [-0.39, 0.29) is 11.8 Å². The minimum atomic E-state index is -0.00907. The van der Waals surface area contributed by atoms with Crippen molar-refractivity contribution >= 4 is 27.7 Å². The molecule has 4 nitrogen and oxygen atoms in total. The van der Waals surface area contributed by atoms with Crippen LogP contribution < -0.4 is 5.32 Å². The van der Waals surface area contributed by atoms with Crippen molar-refractivity contribution in [3.63, 3.8) is 0 Å². The highest BCUT2D eigenvalue weighted by atomic mass is 79.9. The van der Waals surface area contributed by atoms with Crippen molar-refractivity contribution in [3.05, 3.63) is 70.2 Å². The molecule has 1 aromatic heterocycles. The fourth-order valence-electron chi connectivity index (χ4n) is 3.09. The van der Waals surface area contributed by atoms with Gasteiger partial charge in [-0.2, -0.15) is 5.10 Å². The number of aromatic nitrogens is 2. The minimum Gasteiger partial charge on any atom is -0.309 e. The van der Waals surface area contributed by atoms with Crippen molar-refractivity contribution in [1.29, 1.82) is 0 Å². The van der Waals surface area contributed by atoms with E-state index in [0.29, 0.717) is 12.2 Å². The molecule has 0 spiro atoms. The highest BCUT2D eigenvalue weighted by Crippen LogP contribution is 2.41. The van der Waals surface area contributed by atoms with Gasteiger partial charge >= 0.3 is 0 Å². The lowest BCUT2D eigenvalue weighted by atomic mass is 9.84. The molecule has 2 N–H and O–H groups in total. The number of fused-ring (bicyclic) bond motifs is 1. The normalized spacial score (nSPS) is 16.7. The molecule has 0 aliphatic carbocycles. The van der Waals surface area contributed by atoms with Crippen LogP contribution in [0.15, 0.2) is 59.1 Å². The van der Waals surface area contributed by atoms with Crippen LogP contribution in [0, 0.1) is 0 Å². The molecule has 2 aromatic carbocycles. The second kappa shape index (κ2) is 5.66. The molecule has 0 saturated heterocycles. The number of nitrogens with one attached hydrogen (secondary N) is 2. The van der Waals surface area contributed by atoms with Crippen LogP contribution in [0.25, 0.3) is 11.3 Å². The van der Waals surface area contributed by atoms with Crippen molar-refractivity contribution in [2.75, 3.05) is 5.32 Å². The molecule has 5 heteroatoms. The van der Waals surface area contributed by atoms with Crippen molar-refractivity contribution in [2.24, 2.45) is 0 Å². The molecule has 4 rings (SSSR count). The summed E-state index contributed by atoms with van der Waals surface area (Å²) >= 11 is 3.51. The van der Waals surface area contributed by atoms with Gasteiger partial charge in [-0.25, -0.2) is 0 Å². The molecule has 0 radical (unpaired) electrons. The first-order valence-corrected chi connectivity index (χ1v) is 8.20. The molecule has 0 bridgehead atoms. The second-order valence-corrected chi connectivity index (χ2v) is 6.50. The summed E-state index contributed by atoms with van der Waals surface area (Å²) in [6, 6.07) is 18.2. The molecule has 1 amide bonds. The molecular weight excluding hydrogens is 354 g/mol. The molecule has 23 heavy (non-hydrogen) atoms. The van der Waals surface area contributed by atoms with Gasteiger partial charge in [0.1, 0.15) is 0 Å². The molecule has 1 aliphatic heterocycles. The molecular formula is C18H14BrN3O. The minimum absolute atomic E-state index is 0.00594. The van der Waals surface area contributed by atoms with Gasteiger partial charge in [0, 0.05) is 22.4 Å². The predicted molar refractivity (Wildman–Crippen MR) is 93.3 cm³/mol. The second-order valence-electron chi connectivity index (χ2n) is 5.59. The smallest absolute Gasteiger partial charge is 0.226 e. The standard InChI is InChI=1S/C18H14BrN3O/c19-13-8-4-7-12(9-13)14-10-15(23)20-18-16(14)17(21-22-18)11-5-2-1-3-6-11/h1-9,14H,10H2,(H2,20,21,22,23)/t14-/m1/s1. The summed E-state index contributed by atoms with van der Waals surface area (Å²) in [5.74, 6) is 0.615. The van der Waals surface area contributed by atoms with Crippen LogP contribution in [0.3, 0.4) is 0 Å². The van der Waals surface area contributed by atoms with Crippen molar-refractivity contribution in [1.82, 2.24) is 10.2 Å². The molecule has 2 heterocycles. The Kier molecular flexibility index (Phi) is 3.50. The Morgan fingerprint density at radius 2 is 1.91 bits per heavy atom. The number of carbonyl (C=O) groups excluding carboxylic acids is 1. The number of amides is 1. The van der Waals surface area contributed by atoms with Gasteiger partial charge < -0.3 is 5.32 Å². The first kappa shape index (κ1) is 14.2. The largest absolute Gasteiger partial charge is 0.309 e. The van der Waals surface area contributed by atoms with Gasteiger partial charge in [-0.05, 0) is 23.3 Å². The maximum atomic E-state index is 12.1. The number of hydrogen-bond donors (Lipinski definition) is 2. The van der Waals surface area contributed by atoms with Crippen LogP contribution in [0.4, 0.5) is 5.82 Å². The summed E-state index contributed by atoms with van der Waals surface area (Å²) in [5, 5.41) is 10.3. The number of rotatable bonds is 2. The average Bonchev–Trinajstić information content (AvgIpc) is 2.98. The molecule has 0 unspecified atom stereocenters. The van der Waals surface area contributed by atoms with Crippen LogP contribution in [0.5, 0.6) is 0 Å². The van der Waals surface area contributed by atoms with Gasteiger partial charge in [0.15, 0.2) is 5.82 Å². The number of nitrogens with zero attached hydrogens (tertiary/aromatic N) is 1. The molecule has 1 atom stereocenters. The van der Waals surface area contributed by atoms with E-state index in [1.807, 2.05) is 42.5 Å². The van der Waals surface area contributed by atoms with E-state index >= 15 is 0 Å². The van der Waals surface area contributed by atoms with E-state index < -0.39 is 0 Å². The summed E-state index contributed by atoms with van der Waals surface area (Å²) in [6.45, 7) is 0. The number of benzene rings is 2. The van der Waals surface area contributed by atoms with Crippen LogP contribution in [0.1, 0.15) is 23.5 Å². The van der Waals surface area contributed by atoms with E-state index in [1.165, 1.54) is 0 Å². The third kappa shape index (κ3) is 2.57. The molecule has 1 aliphatic rings. The number of carbonyl (C=O) groups is 1. The van der Waals surface area contributed by atoms with E-state index in [2.05, 4.69) is 43.6 Å². The zero-order valence-corrected chi connectivity index (χ0v) is 13.8. The molecule has 3 aromatic rings. The fourth-order valence-corrected chi connectivity index (χ4v) is 3.51. The summed E-state index contributed by atoms with van der Waals surface area (Å²) in [5.41, 5.74) is 4.19. The maximum Gasteiger partial charge on any atom is 0.226 e. The van der Waals surface area contributed by atoms with E-state index in [0.717, 1.165) is 26.9 Å². The number of anilines is 1. The fraction of sp³-hybridized carbons (Fsp3) is 0.111. The van der Waals surface area contributed by atoms with Gasteiger partial charge in [0.25, 0.3) is 0 Å². The quantitative estimate of drug-likeness (QED) is 0.708. The average molecular weight is 368 g/mol. The number of hydrogen-bond acceptors (Lipinski definition) is 2. The van der Waals surface area contributed by atoms with Gasteiger partial charge in [0.05, 0.1) is 5.69 Å². The molecule has 0 fully saturated rings. The zero-order chi connectivity index (χ0) is 15.8. The topological polar surface area (TPSA) is 57.8 Å². The van der Waals surface area contributed by atoms with Crippen molar-refractivity contribution in [2.45, 2.75) is 12.3 Å². The highest BCUT2D eigenvalue weighted by molar-refractivity contribution is 9.10. The lowest BCUT2D eigenvalue weighted by molar-refractivity contribution is -0.116. The van der Waals surface area contributed by atoms with Crippen LogP contribution in [0.2, 0.25) is 0 Å². The zero-order valence-electron chi connectivity index (χ0n) is 12.2. The summed E-state index contributed by atoms with van der Waals surface area (Å²) < 4.78 is 1.01. The lowest BCUT2D eigenvalue weighted by Gasteiger charge is -2.23. The van der Waals surface area contributed by atoms with Crippen molar-refractivity contribution < 1.29 is 4.79 Å². The Morgan fingerprint density at radius 1 is 1.09 bits per heavy atom. The third-order valence-electron chi connectivity index (χ3n) is 4.11. The van der Waals surface area contributed by atoms with E-state index in [4.69, 9.17) is 0 Å². The summed E-state index contributed by atoms with van der Waals surface area (Å²) in [4.78, 5) is 12.1. The first-order valence-electron chi connectivity index (χ1n) is 7.41. The highest BCUT2D eigenvalue weighted by Gasteiger charge is 2.31. The number of aromatic amines is 1. The van der Waals surface area contributed by atoms with Gasteiger partial charge in [-0.3, -0.25) is 9.89 Å². The first-order chi connectivity index (χ1) is 11.2. The molecule has 0 saturated carbocycles. The Balaban J connectivity index is 1.88. The Labute approximate surface area is 142 Å². The maximum absolute atomic E-state index is 12.1. The Morgan fingerprint density at radius 3 is 2.70 bits per heavy atom. The van der Waals surface area contributed by atoms with Gasteiger partial charge in [-0.1, -0.05) is 58.4 Å². The Bertz CT molecular complexity index is 873. The van der Waals surface area contributed by atoms with Crippen molar-refractivity contribution in [3.8, 4) is 11.3 Å². The van der Waals surface area contributed by atoms with Crippen LogP contribution in [-0.2, 0) is 4.79 Å². The Hall–Kier alpha value is -2.40. The SMILES string of the molecule is O=C1C[C@H](c2cccc(Br)c2)c2c(n[nH]c2-c2ccccc2)N1. The molecule has 114 valence electrons. The number of H-pyrrole nitrogens is 1. The van der Waals surface area contributed by atoms with Gasteiger partial charge in [0.2, 0.25) is 5.91 Å². The number of halogens is 1. The summed E-state index contributed by atoms with van der Waals surface area (Å²) in [7, 11) is 0. The van der Waals surface area contributed by atoms with E-state index in [9.17, 15) is 4.79 Å².